The largest absolute Gasteiger partial charge is 0.478 e. The van der Waals surface area contributed by atoms with Crippen molar-refractivity contribution in [3.8, 4) is 0 Å². The molecule has 20 heavy (non-hydrogen) atoms. The second-order valence-corrected chi connectivity index (χ2v) is 5.09. The summed E-state index contributed by atoms with van der Waals surface area (Å²) >= 11 is 0. The molecule has 0 atom stereocenters. The van der Waals surface area contributed by atoms with Crippen molar-refractivity contribution in [1.82, 2.24) is 9.88 Å². The number of carbonyl (C=O) groups is 2. The van der Waals surface area contributed by atoms with Crippen LogP contribution in [0.25, 0.3) is 0 Å². The zero-order valence-corrected chi connectivity index (χ0v) is 11.2. The third-order valence-electron chi connectivity index (χ3n) is 3.51. The molecule has 1 saturated carbocycles. The first-order valence-electron chi connectivity index (χ1n) is 6.79. The monoisotopic (exact) mass is 278 g/mol. The normalized spacial score (nSPS) is 15.8. The SMILES string of the molecule is O=C(Cn1cc(C(=O)O)ccc1=O)NC1CCCCC1. The molecule has 1 fully saturated rings. The van der Waals surface area contributed by atoms with Crippen LogP contribution in [0.2, 0.25) is 0 Å². The number of hydrogen-bond donors (Lipinski definition) is 2. The zero-order chi connectivity index (χ0) is 14.5. The van der Waals surface area contributed by atoms with Gasteiger partial charge in [-0.05, 0) is 18.9 Å². The van der Waals surface area contributed by atoms with Gasteiger partial charge in [0.25, 0.3) is 5.56 Å². The minimum atomic E-state index is -1.12. The molecule has 1 aliphatic carbocycles. The van der Waals surface area contributed by atoms with Crippen LogP contribution in [0, 0.1) is 0 Å². The van der Waals surface area contributed by atoms with Crippen molar-refractivity contribution in [2.24, 2.45) is 0 Å². The minimum absolute atomic E-state index is 0.00457. The molecule has 6 nitrogen and oxygen atoms in total. The van der Waals surface area contributed by atoms with Crippen LogP contribution in [-0.4, -0.2) is 27.6 Å². The lowest BCUT2D eigenvalue weighted by Crippen LogP contribution is -2.39. The Morgan fingerprint density at radius 1 is 1.25 bits per heavy atom. The van der Waals surface area contributed by atoms with Gasteiger partial charge in [0, 0.05) is 18.3 Å². The minimum Gasteiger partial charge on any atom is -0.478 e. The maximum absolute atomic E-state index is 11.9. The van der Waals surface area contributed by atoms with Gasteiger partial charge in [-0.3, -0.25) is 9.59 Å². The number of hydrogen-bond acceptors (Lipinski definition) is 3. The van der Waals surface area contributed by atoms with Crippen molar-refractivity contribution in [3.05, 3.63) is 34.2 Å². The standard InChI is InChI=1S/C14H18N2O4/c17-12(15-11-4-2-1-3-5-11)9-16-8-10(14(19)20)6-7-13(16)18/h6-8,11H,1-5,9H2,(H,15,17)(H,19,20). The summed E-state index contributed by atoms with van der Waals surface area (Å²) in [4.78, 5) is 34.4. The molecule has 6 heteroatoms. The molecule has 1 amide bonds. The summed E-state index contributed by atoms with van der Waals surface area (Å²) in [6, 6.07) is 2.58. The number of amides is 1. The van der Waals surface area contributed by atoms with Crippen molar-refractivity contribution < 1.29 is 14.7 Å². The van der Waals surface area contributed by atoms with E-state index in [0.29, 0.717) is 0 Å². The fourth-order valence-corrected chi connectivity index (χ4v) is 2.46. The van der Waals surface area contributed by atoms with Crippen molar-refractivity contribution in [2.75, 3.05) is 0 Å². The van der Waals surface area contributed by atoms with E-state index in [4.69, 9.17) is 5.11 Å². The quantitative estimate of drug-likeness (QED) is 0.859. The van der Waals surface area contributed by atoms with Gasteiger partial charge >= 0.3 is 5.97 Å². The number of pyridine rings is 1. The summed E-state index contributed by atoms with van der Waals surface area (Å²) in [5.74, 6) is -1.37. The number of nitrogens with one attached hydrogen (secondary N) is 1. The highest BCUT2D eigenvalue weighted by atomic mass is 16.4. The van der Waals surface area contributed by atoms with Gasteiger partial charge in [0.2, 0.25) is 5.91 Å². The first-order chi connectivity index (χ1) is 9.56. The first-order valence-corrected chi connectivity index (χ1v) is 6.79. The van der Waals surface area contributed by atoms with Gasteiger partial charge in [0.05, 0.1) is 5.56 Å². The number of carboxylic acids is 1. The molecule has 0 saturated heterocycles. The number of carbonyl (C=O) groups excluding carboxylic acids is 1. The summed E-state index contributed by atoms with van der Waals surface area (Å²) in [5, 5.41) is 11.8. The van der Waals surface area contributed by atoms with Gasteiger partial charge in [0.1, 0.15) is 6.54 Å². The van der Waals surface area contributed by atoms with Crippen molar-refractivity contribution in [2.45, 2.75) is 44.7 Å². The smallest absolute Gasteiger partial charge is 0.337 e. The highest BCUT2D eigenvalue weighted by Gasteiger charge is 2.16. The lowest BCUT2D eigenvalue weighted by molar-refractivity contribution is -0.122. The van der Waals surface area contributed by atoms with Crippen LogP contribution in [-0.2, 0) is 11.3 Å². The van der Waals surface area contributed by atoms with E-state index in [1.54, 1.807) is 0 Å². The van der Waals surface area contributed by atoms with Crippen LogP contribution >= 0.6 is 0 Å². The summed E-state index contributed by atoms with van der Waals surface area (Å²) < 4.78 is 1.13. The van der Waals surface area contributed by atoms with Crippen LogP contribution in [0.3, 0.4) is 0 Å². The lowest BCUT2D eigenvalue weighted by Gasteiger charge is -2.22. The van der Waals surface area contributed by atoms with Crippen molar-refractivity contribution >= 4 is 11.9 Å². The Kier molecular flexibility index (Phi) is 4.55. The third-order valence-corrected chi connectivity index (χ3v) is 3.51. The maximum Gasteiger partial charge on any atom is 0.337 e. The molecule has 2 rings (SSSR count). The number of nitrogens with zero attached hydrogens (tertiary/aromatic N) is 1. The summed E-state index contributed by atoms with van der Waals surface area (Å²) in [6.45, 7) is -0.142. The molecule has 108 valence electrons. The number of rotatable bonds is 4. The Hall–Kier alpha value is -2.11. The molecule has 0 radical (unpaired) electrons. The third kappa shape index (κ3) is 3.69. The topological polar surface area (TPSA) is 88.4 Å². The van der Waals surface area contributed by atoms with E-state index in [0.717, 1.165) is 36.3 Å². The Balaban J connectivity index is 2.01. The summed E-state index contributed by atoms with van der Waals surface area (Å²) in [7, 11) is 0. The van der Waals surface area contributed by atoms with Crippen LogP contribution in [0.15, 0.2) is 23.1 Å². The second kappa shape index (κ2) is 6.36. The highest BCUT2D eigenvalue weighted by molar-refractivity contribution is 5.87. The molecule has 1 aromatic rings. The Labute approximate surface area is 116 Å². The Morgan fingerprint density at radius 2 is 1.95 bits per heavy atom. The molecule has 2 N–H and O–H groups in total. The molecular weight excluding hydrogens is 260 g/mol. The second-order valence-electron chi connectivity index (χ2n) is 5.09. The van der Waals surface area contributed by atoms with E-state index in [9.17, 15) is 14.4 Å². The van der Waals surface area contributed by atoms with Gasteiger partial charge in [0.15, 0.2) is 0 Å². The predicted molar refractivity (Wildman–Crippen MR) is 72.7 cm³/mol. The van der Waals surface area contributed by atoms with Gasteiger partial charge in [-0.15, -0.1) is 0 Å². The molecule has 1 heterocycles. The van der Waals surface area contributed by atoms with Crippen LogP contribution in [0.1, 0.15) is 42.5 Å². The maximum atomic E-state index is 11.9. The summed E-state index contributed by atoms with van der Waals surface area (Å²) in [6.07, 6.45) is 6.56. The van der Waals surface area contributed by atoms with E-state index in [2.05, 4.69) is 5.32 Å². The molecule has 0 aliphatic heterocycles. The predicted octanol–water partition coefficient (Wildman–Crippen LogP) is 0.995. The van der Waals surface area contributed by atoms with E-state index in [1.165, 1.54) is 18.7 Å². The molecule has 0 aromatic carbocycles. The molecule has 1 aromatic heterocycles. The summed E-state index contributed by atoms with van der Waals surface area (Å²) in [5.41, 5.74) is -0.385. The molecular formula is C14H18N2O4. The lowest BCUT2D eigenvalue weighted by atomic mass is 9.95. The van der Waals surface area contributed by atoms with E-state index >= 15 is 0 Å². The van der Waals surface area contributed by atoms with E-state index in [1.807, 2.05) is 0 Å². The van der Waals surface area contributed by atoms with Gasteiger partial charge in [-0.1, -0.05) is 19.3 Å². The fraction of sp³-hybridized carbons (Fsp3) is 0.500. The van der Waals surface area contributed by atoms with Crippen LogP contribution < -0.4 is 10.9 Å². The van der Waals surface area contributed by atoms with Crippen molar-refractivity contribution in [1.29, 1.82) is 0 Å². The number of aromatic carboxylic acids is 1. The van der Waals surface area contributed by atoms with E-state index < -0.39 is 5.97 Å². The Morgan fingerprint density at radius 3 is 2.60 bits per heavy atom. The van der Waals surface area contributed by atoms with Crippen LogP contribution in [0.4, 0.5) is 0 Å². The van der Waals surface area contributed by atoms with Gasteiger partial charge in [-0.2, -0.15) is 0 Å². The zero-order valence-electron chi connectivity index (χ0n) is 11.2. The highest BCUT2D eigenvalue weighted by Crippen LogP contribution is 2.17. The van der Waals surface area contributed by atoms with Gasteiger partial charge in [-0.25, -0.2) is 4.79 Å². The average molecular weight is 278 g/mol. The fourth-order valence-electron chi connectivity index (χ4n) is 2.46. The average Bonchev–Trinajstić information content (AvgIpc) is 2.42. The molecule has 0 bridgehead atoms. The molecule has 1 aliphatic rings. The number of aromatic nitrogens is 1. The molecule has 0 spiro atoms. The number of carboxylic acid groups (broad SMARTS) is 1. The molecule has 0 unspecified atom stereocenters. The van der Waals surface area contributed by atoms with Gasteiger partial charge < -0.3 is 15.0 Å². The van der Waals surface area contributed by atoms with Crippen LogP contribution in [0.5, 0.6) is 0 Å². The van der Waals surface area contributed by atoms with Crippen molar-refractivity contribution in [3.63, 3.8) is 0 Å². The first kappa shape index (κ1) is 14.3. The Bertz CT molecular complexity index is 559. The van der Waals surface area contributed by atoms with E-state index in [-0.39, 0.29) is 29.6 Å².